The summed E-state index contributed by atoms with van der Waals surface area (Å²) in [4.78, 5) is 31.5. The number of piperazine rings is 1. The zero-order valence-corrected chi connectivity index (χ0v) is 25.7. The average molecular weight is 639 g/mol. The Morgan fingerprint density at radius 1 is 0.870 bits per heavy atom. The first-order valence-corrected chi connectivity index (χ1v) is 15.8. The molecule has 46 heavy (non-hydrogen) atoms. The average Bonchev–Trinajstić information content (AvgIpc) is 3.05. The van der Waals surface area contributed by atoms with Gasteiger partial charge in [-0.05, 0) is 85.8 Å². The van der Waals surface area contributed by atoms with Crippen molar-refractivity contribution in [3.05, 3.63) is 95.6 Å². The Hall–Kier alpha value is -3.93. The summed E-state index contributed by atoms with van der Waals surface area (Å²) in [7, 11) is 0. The number of aliphatic hydroxyl groups is 1. The van der Waals surface area contributed by atoms with Crippen molar-refractivity contribution in [3.63, 3.8) is 0 Å². The Morgan fingerprint density at radius 2 is 1.52 bits per heavy atom. The van der Waals surface area contributed by atoms with Crippen molar-refractivity contribution < 1.29 is 32.6 Å². The molecule has 11 heteroatoms. The molecule has 2 aliphatic heterocycles. The molecule has 2 atom stereocenters. The Morgan fingerprint density at radius 3 is 2.17 bits per heavy atom. The van der Waals surface area contributed by atoms with Crippen LogP contribution in [0.15, 0.2) is 78.9 Å². The van der Waals surface area contributed by atoms with E-state index in [0.717, 1.165) is 50.2 Å². The number of carbonyl (C=O) groups is 2. The Kier molecular flexibility index (Phi) is 11.3. The maximum absolute atomic E-state index is 14.0. The third-order valence-electron chi connectivity index (χ3n) is 8.59. The number of aliphatic hydroxyl groups excluding tert-OH is 1. The molecular weight excluding hydrogens is 597 g/mol. The van der Waals surface area contributed by atoms with Gasteiger partial charge in [0.2, 0.25) is 11.8 Å². The number of rotatable bonds is 13. The van der Waals surface area contributed by atoms with Gasteiger partial charge in [-0.1, -0.05) is 42.5 Å². The molecule has 2 heterocycles. The molecule has 0 saturated carbocycles. The lowest BCUT2D eigenvalue weighted by atomic mass is 9.96. The first-order chi connectivity index (χ1) is 22.2. The quantitative estimate of drug-likeness (QED) is 0.253. The topological polar surface area (TPSA) is 94.1 Å². The van der Waals surface area contributed by atoms with Crippen molar-refractivity contribution in [3.8, 4) is 11.5 Å². The zero-order valence-electron chi connectivity index (χ0n) is 25.7. The first-order valence-electron chi connectivity index (χ1n) is 15.8. The van der Waals surface area contributed by atoms with Crippen LogP contribution in [0.3, 0.4) is 0 Å². The second-order valence-corrected chi connectivity index (χ2v) is 12.0. The maximum atomic E-state index is 14.0. The molecule has 2 fully saturated rings. The number of hydrogen-bond acceptors (Lipinski definition) is 6. The molecular formula is C35H41F3N4O4. The van der Waals surface area contributed by atoms with E-state index < -0.39 is 23.8 Å². The van der Waals surface area contributed by atoms with E-state index in [4.69, 9.17) is 4.74 Å². The van der Waals surface area contributed by atoms with Crippen LogP contribution in [-0.2, 0) is 28.7 Å². The normalized spacial score (nSPS) is 19.4. The summed E-state index contributed by atoms with van der Waals surface area (Å²) in [5.41, 5.74) is 0.554. The van der Waals surface area contributed by atoms with Crippen molar-refractivity contribution >= 4 is 11.8 Å². The van der Waals surface area contributed by atoms with Gasteiger partial charge in [0.05, 0.1) is 5.56 Å². The molecule has 0 bridgehead atoms. The number of carbonyl (C=O) groups excluding carboxylic acids is 2. The van der Waals surface area contributed by atoms with Crippen LogP contribution in [0.1, 0.15) is 36.0 Å². The van der Waals surface area contributed by atoms with Crippen molar-refractivity contribution in [2.75, 3.05) is 39.3 Å². The van der Waals surface area contributed by atoms with Crippen molar-refractivity contribution in [2.45, 2.75) is 50.5 Å². The van der Waals surface area contributed by atoms with Crippen molar-refractivity contribution in [1.29, 1.82) is 0 Å². The molecule has 0 radical (unpaired) electrons. The minimum Gasteiger partial charge on any atom is -0.457 e. The molecule has 0 aromatic heterocycles. The van der Waals surface area contributed by atoms with E-state index in [1.54, 1.807) is 4.90 Å². The largest absolute Gasteiger partial charge is 0.457 e. The van der Waals surface area contributed by atoms with Crippen LogP contribution in [0.2, 0.25) is 0 Å². The summed E-state index contributed by atoms with van der Waals surface area (Å²) >= 11 is 0. The maximum Gasteiger partial charge on any atom is 0.416 e. The second kappa shape index (κ2) is 15.6. The van der Waals surface area contributed by atoms with Crippen LogP contribution in [0.25, 0.3) is 0 Å². The van der Waals surface area contributed by atoms with Crippen molar-refractivity contribution in [2.24, 2.45) is 5.92 Å². The summed E-state index contributed by atoms with van der Waals surface area (Å²) in [6, 6.07) is 19.7. The number of nitrogens with one attached hydrogen (secondary N) is 2. The van der Waals surface area contributed by atoms with Gasteiger partial charge in [-0.25, -0.2) is 0 Å². The van der Waals surface area contributed by atoms with E-state index in [-0.39, 0.29) is 31.4 Å². The van der Waals surface area contributed by atoms with Gasteiger partial charge in [-0.3, -0.25) is 9.59 Å². The minimum atomic E-state index is -4.46. The molecule has 8 nitrogen and oxygen atoms in total. The lowest BCUT2D eigenvalue weighted by Crippen LogP contribution is -2.66. The predicted octanol–water partition coefficient (Wildman–Crippen LogP) is 4.62. The monoisotopic (exact) mass is 638 g/mol. The number of para-hydroxylation sites is 1. The molecule has 2 aliphatic rings. The third-order valence-corrected chi connectivity index (χ3v) is 8.59. The molecule has 3 N–H and O–H groups in total. The fraction of sp³-hybridized carbons (Fsp3) is 0.429. The van der Waals surface area contributed by atoms with Gasteiger partial charge in [0.15, 0.2) is 0 Å². The molecule has 0 spiro atoms. The second-order valence-electron chi connectivity index (χ2n) is 12.0. The highest BCUT2D eigenvalue weighted by Gasteiger charge is 2.41. The van der Waals surface area contributed by atoms with Crippen LogP contribution in [-0.4, -0.2) is 78.1 Å². The summed E-state index contributed by atoms with van der Waals surface area (Å²) < 4.78 is 45.2. The number of piperidine rings is 1. The number of alkyl halides is 3. The summed E-state index contributed by atoms with van der Waals surface area (Å²) in [5, 5.41) is 15.8. The number of amides is 2. The highest BCUT2D eigenvalue weighted by atomic mass is 19.4. The number of benzene rings is 3. The molecule has 2 saturated heterocycles. The highest BCUT2D eigenvalue weighted by Crippen LogP contribution is 2.30. The Bertz CT molecular complexity index is 1410. The van der Waals surface area contributed by atoms with E-state index in [2.05, 4.69) is 15.5 Å². The summed E-state index contributed by atoms with van der Waals surface area (Å²) in [5.74, 6) is 1.17. The number of hydrogen-bond donors (Lipinski definition) is 3. The van der Waals surface area contributed by atoms with Gasteiger partial charge in [-0.15, -0.1) is 0 Å². The van der Waals surface area contributed by atoms with E-state index in [1.807, 2.05) is 54.6 Å². The SMILES string of the molecule is O=C1N[C@@H](Cc2ccc(C(F)(F)F)cc2)C(=O)N(Cc2ccc(Oc3ccccc3)cc2)[C@H]1CN(CCCO)CC1CCNCC1. The van der Waals surface area contributed by atoms with Crippen molar-refractivity contribution in [1.82, 2.24) is 20.4 Å². The Labute approximate surface area is 267 Å². The fourth-order valence-corrected chi connectivity index (χ4v) is 6.11. The van der Waals surface area contributed by atoms with Gasteiger partial charge < -0.3 is 30.3 Å². The smallest absolute Gasteiger partial charge is 0.416 e. The summed E-state index contributed by atoms with van der Waals surface area (Å²) in [6.07, 6.45) is -1.82. The van der Waals surface area contributed by atoms with Gasteiger partial charge in [-0.2, -0.15) is 13.2 Å². The standard InChI is InChI=1S/C35H41F3N4O4/c36-35(37,38)28-11-7-25(8-12-28)21-31-34(45)42(23-26-9-13-30(14-10-26)46-29-5-2-1-3-6-29)32(33(44)40-31)24-41(19-4-20-43)22-27-15-17-39-18-16-27/h1-3,5-14,27,31-32,39,43H,4,15-24H2,(H,40,44)/t31-,32-/m0/s1. The fourth-order valence-electron chi connectivity index (χ4n) is 6.11. The number of halogens is 3. The number of nitrogens with zero attached hydrogens (tertiary/aromatic N) is 2. The molecule has 246 valence electrons. The van der Waals surface area contributed by atoms with Gasteiger partial charge in [0.1, 0.15) is 23.6 Å². The van der Waals surface area contributed by atoms with Gasteiger partial charge >= 0.3 is 6.18 Å². The molecule has 3 aromatic carbocycles. The van der Waals surface area contributed by atoms with Crippen LogP contribution in [0, 0.1) is 5.92 Å². The van der Waals surface area contributed by atoms with E-state index in [0.29, 0.717) is 42.5 Å². The summed E-state index contributed by atoms with van der Waals surface area (Å²) in [6.45, 7) is 3.72. The molecule has 0 unspecified atom stereocenters. The molecule has 0 aliphatic carbocycles. The molecule has 3 aromatic rings. The van der Waals surface area contributed by atoms with Crippen LogP contribution >= 0.6 is 0 Å². The highest BCUT2D eigenvalue weighted by molar-refractivity contribution is 5.97. The lowest BCUT2D eigenvalue weighted by Gasteiger charge is -2.42. The Balaban J connectivity index is 1.35. The molecule has 5 rings (SSSR count). The van der Waals surface area contributed by atoms with Gasteiger partial charge in [0, 0.05) is 39.2 Å². The minimum absolute atomic E-state index is 0.0227. The van der Waals surface area contributed by atoms with E-state index >= 15 is 0 Å². The van der Waals surface area contributed by atoms with E-state index in [9.17, 15) is 27.9 Å². The van der Waals surface area contributed by atoms with Crippen LogP contribution in [0.4, 0.5) is 13.2 Å². The zero-order chi connectivity index (χ0) is 32.5. The molecule has 2 amide bonds. The predicted molar refractivity (Wildman–Crippen MR) is 168 cm³/mol. The van der Waals surface area contributed by atoms with E-state index in [1.165, 1.54) is 12.1 Å². The third kappa shape index (κ3) is 9.08. The van der Waals surface area contributed by atoms with Crippen LogP contribution in [0.5, 0.6) is 11.5 Å². The first kappa shape index (κ1) is 33.4. The van der Waals surface area contributed by atoms with Gasteiger partial charge in [0.25, 0.3) is 0 Å². The number of ether oxygens (including phenoxy) is 1. The van der Waals surface area contributed by atoms with Crippen LogP contribution < -0.4 is 15.4 Å². The lowest BCUT2D eigenvalue weighted by molar-refractivity contribution is -0.151.